The van der Waals surface area contributed by atoms with Gasteiger partial charge in [0, 0.05) is 30.9 Å². The quantitative estimate of drug-likeness (QED) is 0.310. The van der Waals surface area contributed by atoms with Crippen LogP contribution in [0, 0.1) is 0 Å². The van der Waals surface area contributed by atoms with Crippen molar-refractivity contribution >= 4 is 32.7 Å². The Morgan fingerprint density at radius 1 is 1.14 bits per heavy atom. The van der Waals surface area contributed by atoms with Gasteiger partial charge in [-0.05, 0) is 35.9 Å². The van der Waals surface area contributed by atoms with Crippen LogP contribution < -0.4 is 25.2 Å². The third-order valence-corrected chi connectivity index (χ3v) is 6.62. The van der Waals surface area contributed by atoms with E-state index in [4.69, 9.17) is 19.7 Å². The maximum Gasteiger partial charge on any atom is 0.266 e. The lowest BCUT2D eigenvalue weighted by Crippen LogP contribution is -2.20. The van der Waals surface area contributed by atoms with E-state index < -0.39 is 15.9 Å². The predicted octanol–water partition coefficient (Wildman–Crippen LogP) is 1.71. The SMILES string of the molecule is CNC(=O)c1ccc(OC)c(S(=O)(=O)Nc2noc3cc(Cn4cc(CN)cn4)cc(OC)c23)c1. The van der Waals surface area contributed by atoms with Crippen LogP contribution in [0.15, 0.2) is 52.1 Å². The van der Waals surface area contributed by atoms with E-state index in [0.29, 0.717) is 29.8 Å². The summed E-state index contributed by atoms with van der Waals surface area (Å²) in [4.78, 5) is 11.8. The minimum absolute atomic E-state index is 0.0586. The topological polar surface area (TPSA) is 164 Å². The molecule has 35 heavy (non-hydrogen) atoms. The average Bonchev–Trinajstić information content (AvgIpc) is 3.49. The van der Waals surface area contributed by atoms with Crippen LogP contribution in [0.4, 0.5) is 5.82 Å². The monoisotopic (exact) mass is 500 g/mol. The number of carbonyl (C=O) groups is 1. The van der Waals surface area contributed by atoms with Gasteiger partial charge in [0.1, 0.15) is 21.8 Å². The fourth-order valence-electron chi connectivity index (χ4n) is 3.55. The van der Waals surface area contributed by atoms with E-state index in [-0.39, 0.29) is 22.0 Å². The Bertz CT molecular complexity index is 1490. The van der Waals surface area contributed by atoms with Crippen LogP contribution in [0.1, 0.15) is 21.5 Å². The van der Waals surface area contributed by atoms with Crippen molar-refractivity contribution in [1.82, 2.24) is 20.3 Å². The third-order valence-electron chi connectivity index (χ3n) is 5.26. The summed E-state index contributed by atoms with van der Waals surface area (Å²) in [6, 6.07) is 7.55. The van der Waals surface area contributed by atoms with E-state index in [1.165, 1.54) is 39.5 Å². The number of nitrogens with one attached hydrogen (secondary N) is 2. The molecule has 4 rings (SSSR count). The fraction of sp³-hybridized carbons (Fsp3) is 0.227. The molecule has 0 fully saturated rings. The summed E-state index contributed by atoms with van der Waals surface area (Å²) in [6.45, 7) is 0.794. The molecule has 4 aromatic rings. The number of nitrogens with zero attached hydrogens (tertiary/aromatic N) is 3. The minimum Gasteiger partial charge on any atom is -0.496 e. The molecule has 12 nitrogen and oxygen atoms in total. The fourth-order valence-corrected chi connectivity index (χ4v) is 4.75. The standard InChI is InChI=1S/C22H24N6O6S/c1-24-22(29)15-4-5-16(32-2)19(8-15)35(30,31)27-21-20-17(33-3)6-13(7-18(20)34-26-21)11-28-12-14(9-23)10-25-28/h4-8,10,12H,9,11,23H2,1-3H3,(H,24,29)(H,26,27). The van der Waals surface area contributed by atoms with E-state index >= 15 is 0 Å². The number of methoxy groups -OCH3 is 2. The summed E-state index contributed by atoms with van der Waals surface area (Å²) in [5.74, 6) is -0.0988. The van der Waals surface area contributed by atoms with Crippen molar-refractivity contribution in [3.63, 3.8) is 0 Å². The van der Waals surface area contributed by atoms with Crippen molar-refractivity contribution in [2.45, 2.75) is 18.0 Å². The maximum atomic E-state index is 13.3. The van der Waals surface area contributed by atoms with Gasteiger partial charge in [-0.2, -0.15) is 5.10 Å². The molecule has 0 unspecified atom stereocenters. The van der Waals surface area contributed by atoms with Crippen LogP contribution in [0.25, 0.3) is 11.0 Å². The molecule has 184 valence electrons. The van der Waals surface area contributed by atoms with Crippen LogP contribution in [0.5, 0.6) is 11.5 Å². The highest BCUT2D eigenvalue weighted by molar-refractivity contribution is 7.92. The largest absolute Gasteiger partial charge is 0.496 e. The number of carbonyl (C=O) groups excluding carboxylic acids is 1. The van der Waals surface area contributed by atoms with Gasteiger partial charge in [-0.25, -0.2) is 8.42 Å². The van der Waals surface area contributed by atoms with Gasteiger partial charge in [-0.3, -0.25) is 14.2 Å². The summed E-state index contributed by atoms with van der Waals surface area (Å²) in [7, 11) is 0.0163. The average molecular weight is 501 g/mol. The molecule has 0 aliphatic heterocycles. The van der Waals surface area contributed by atoms with Crippen molar-refractivity contribution in [1.29, 1.82) is 0 Å². The van der Waals surface area contributed by atoms with E-state index in [0.717, 1.165) is 11.1 Å². The molecular weight excluding hydrogens is 476 g/mol. The molecule has 0 aliphatic carbocycles. The lowest BCUT2D eigenvalue weighted by molar-refractivity contribution is 0.0963. The smallest absolute Gasteiger partial charge is 0.266 e. The van der Waals surface area contributed by atoms with Crippen molar-refractivity contribution in [3.8, 4) is 11.5 Å². The number of hydrogen-bond donors (Lipinski definition) is 3. The van der Waals surface area contributed by atoms with Gasteiger partial charge in [0.2, 0.25) is 0 Å². The summed E-state index contributed by atoms with van der Waals surface area (Å²) in [6.07, 6.45) is 3.52. The van der Waals surface area contributed by atoms with E-state index in [1.54, 1.807) is 23.0 Å². The third kappa shape index (κ3) is 4.76. The van der Waals surface area contributed by atoms with Gasteiger partial charge >= 0.3 is 0 Å². The molecular formula is C22H24N6O6S. The Morgan fingerprint density at radius 2 is 1.91 bits per heavy atom. The van der Waals surface area contributed by atoms with Crippen LogP contribution in [0.3, 0.4) is 0 Å². The number of aromatic nitrogens is 3. The molecule has 2 heterocycles. The Morgan fingerprint density at radius 3 is 2.57 bits per heavy atom. The molecule has 2 aromatic heterocycles. The number of anilines is 1. The Balaban J connectivity index is 1.71. The number of nitrogens with two attached hydrogens (primary N) is 1. The van der Waals surface area contributed by atoms with Gasteiger partial charge in [-0.15, -0.1) is 0 Å². The maximum absolute atomic E-state index is 13.3. The molecule has 0 spiro atoms. The minimum atomic E-state index is -4.22. The Kier molecular flexibility index (Phi) is 6.62. The Hall–Kier alpha value is -4.10. The molecule has 0 saturated carbocycles. The number of fused-ring (bicyclic) bond motifs is 1. The summed E-state index contributed by atoms with van der Waals surface area (Å²) < 4.78 is 46.8. The highest BCUT2D eigenvalue weighted by Crippen LogP contribution is 2.36. The molecule has 0 aliphatic rings. The van der Waals surface area contributed by atoms with Gasteiger partial charge in [-0.1, -0.05) is 5.16 Å². The molecule has 0 bridgehead atoms. The normalized spacial score (nSPS) is 11.4. The second kappa shape index (κ2) is 9.64. The highest BCUT2D eigenvalue weighted by Gasteiger charge is 2.25. The second-order valence-electron chi connectivity index (χ2n) is 7.50. The van der Waals surface area contributed by atoms with Crippen molar-refractivity contribution in [2.24, 2.45) is 5.73 Å². The first kappa shape index (κ1) is 24.0. The summed E-state index contributed by atoms with van der Waals surface area (Å²) in [5.41, 5.74) is 7.80. The summed E-state index contributed by atoms with van der Waals surface area (Å²) >= 11 is 0. The Labute approximate surface area is 201 Å². The molecule has 13 heteroatoms. The molecule has 0 radical (unpaired) electrons. The highest BCUT2D eigenvalue weighted by atomic mass is 32.2. The van der Waals surface area contributed by atoms with Gasteiger partial charge in [0.15, 0.2) is 11.4 Å². The molecule has 2 aromatic carbocycles. The number of benzene rings is 2. The number of sulfonamides is 1. The zero-order valence-corrected chi connectivity index (χ0v) is 20.0. The predicted molar refractivity (Wildman–Crippen MR) is 127 cm³/mol. The zero-order valence-electron chi connectivity index (χ0n) is 19.2. The van der Waals surface area contributed by atoms with E-state index in [2.05, 4.69) is 20.3 Å². The number of ether oxygens (including phenoxy) is 2. The van der Waals surface area contributed by atoms with Crippen molar-refractivity contribution in [3.05, 3.63) is 59.4 Å². The van der Waals surface area contributed by atoms with Crippen LogP contribution in [0.2, 0.25) is 0 Å². The van der Waals surface area contributed by atoms with Gasteiger partial charge in [0.05, 0.1) is 27.0 Å². The molecule has 0 saturated heterocycles. The van der Waals surface area contributed by atoms with Crippen LogP contribution in [-0.4, -0.2) is 50.5 Å². The van der Waals surface area contributed by atoms with E-state index in [9.17, 15) is 13.2 Å². The van der Waals surface area contributed by atoms with Crippen LogP contribution in [-0.2, 0) is 23.1 Å². The van der Waals surface area contributed by atoms with Crippen molar-refractivity contribution < 1.29 is 27.2 Å². The first-order valence-electron chi connectivity index (χ1n) is 10.4. The lowest BCUT2D eigenvalue weighted by Gasteiger charge is -2.12. The molecule has 4 N–H and O–H groups in total. The summed E-state index contributed by atoms with van der Waals surface area (Å²) in [5, 5.41) is 11.0. The van der Waals surface area contributed by atoms with Gasteiger partial charge < -0.3 is 25.0 Å². The zero-order chi connectivity index (χ0) is 25.2. The number of hydrogen-bond acceptors (Lipinski definition) is 9. The van der Waals surface area contributed by atoms with E-state index in [1.807, 2.05) is 6.20 Å². The van der Waals surface area contributed by atoms with Gasteiger partial charge in [0.25, 0.3) is 15.9 Å². The number of amides is 1. The van der Waals surface area contributed by atoms with Crippen molar-refractivity contribution in [2.75, 3.05) is 26.0 Å². The lowest BCUT2D eigenvalue weighted by atomic mass is 10.1. The first-order valence-corrected chi connectivity index (χ1v) is 11.9. The van der Waals surface area contributed by atoms with Crippen LogP contribution >= 0.6 is 0 Å². The molecule has 0 atom stereocenters. The first-order chi connectivity index (χ1) is 16.8. The second-order valence-corrected chi connectivity index (χ2v) is 9.15. The molecule has 1 amide bonds. The number of rotatable bonds is 9.